The van der Waals surface area contributed by atoms with E-state index in [1.165, 1.54) is 33.6 Å². The number of aromatic hydroxyl groups is 1. The number of amides is 2. The van der Waals surface area contributed by atoms with E-state index in [4.69, 9.17) is 18.9 Å². The molecular formula is C23H29N3O7. The number of methoxy groups -OCH3 is 3. The van der Waals surface area contributed by atoms with Crippen LogP contribution in [0.2, 0.25) is 0 Å². The van der Waals surface area contributed by atoms with Gasteiger partial charge in [-0.05, 0) is 49.2 Å². The smallest absolute Gasteiger partial charge is 0.251 e. The second kappa shape index (κ2) is 12.8. The molecule has 0 aliphatic carbocycles. The molecule has 178 valence electrons. The summed E-state index contributed by atoms with van der Waals surface area (Å²) in [5.74, 6) is 0.905. The van der Waals surface area contributed by atoms with Gasteiger partial charge in [0.2, 0.25) is 11.7 Å². The number of phenols is 1. The Balaban J connectivity index is 1.80. The van der Waals surface area contributed by atoms with E-state index in [0.29, 0.717) is 53.7 Å². The van der Waals surface area contributed by atoms with Crippen molar-refractivity contribution in [2.45, 2.75) is 19.8 Å². The molecule has 0 aliphatic rings. The third-order valence-corrected chi connectivity index (χ3v) is 4.48. The van der Waals surface area contributed by atoms with Crippen LogP contribution in [0.5, 0.6) is 28.7 Å². The van der Waals surface area contributed by atoms with Crippen LogP contribution in [0.15, 0.2) is 35.4 Å². The van der Waals surface area contributed by atoms with Crippen LogP contribution < -0.4 is 29.7 Å². The maximum atomic E-state index is 12.4. The van der Waals surface area contributed by atoms with Gasteiger partial charge in [-0.15, -0.1) is 0 Å². The zero-order chi connectivity index (χ0) is 24.2. The third-order valence-electron chi connectivity index (χ3n) is 4.48. The van der Waals surface area contributed by atoms with Gasteiger partial charge < -0.3 is 29.4 Å². The van der Waals surface area contributed by atoms with Crippen LogP contribution in [0, 0.1) is 0 Å². The molecule has 10 heteroatoms. The first kappa shape index (κ1) is 25.3. The summed E-state index contributed by atoms with van der Waals surface area (Å²) in [6.45, 7) is 2.52. The molecule has 0 atom stereocenters. The number of hydrogen-bond donors (Lipinski definition) is 3. The lowest BCUT2D eigenvalue weighted by Gasteiger charge is -2.14. The van der Waals surface area contributed by atoms with Crippen LogP contribution >= 0.6 is 0 Å². The van der Waals surface area contributed by atoms with Crippen LogP contribution in [-0.2, 0) is 4.79 Å². The van der Waals surface area contributed by atoms with Gasteiger partial charge in [-0.3, -0.25) is 9.59 Å². The van der Waals surface area contributed by atoms with Gasteiger partial charge in [-0.2, -0.15) is 5.10 Å². The monoisotopic (exact) mass is 459 g/mol. The summed E-state index contributed by atoms with van der Waals surface area (Å²) in [7, 11) is 4.43. The Bertz CT molecular complexity index is 967. The molecule has 2 aromatic rings. The molecule has 0 aromatic heterocycles. The highest BCUT2D eigenvalue weighted by atomic mass is 16.5. The number of carbonyl (C=O) groups is 2. The van der Waals surface area contributed by atoms with Gasteiger partial charge in [-0.1, -0.05) is 0 Å². The fourth-order valence-corrected chi connectivity index (χ4v) is 2.88. The zero-order valence-electron chi connectivity index (χ0n) is 19.1. The Hall–Kier alpha value is -3.95. The summed E-state index contributed by atoms with van der Waals surface area (Å²) < 4.78 is 21.1. The molecule has 10 nitrogen and oxygen atoms in total. The lowest BCUT2D eigenvalue weighted by molar-refractivity contribution is -0.121. The van der Waals surface area contributed by atoms with Crippen molar-refractivity contribution < 1.29 is 33.6 Å². The fraction of sp³-hybridized carbons (Fsp3) is 0.348. The van der Waals surface area contributed by atoms with Gasteiger partial charge in [0, 0.05) is 18.5 Å². The van der Waals surface area contributed by atoms with Gasteiger partial charge in [0.1, 0.15) is 0 Å². The van der Waals surface area contributed by atoms with Crippen molar-refractivity contribution in [2.24, 2.45) is 5.10 Å². The van der Waals surface area contributed by atoms with Crippen LogP contribution in [0.1, 0.15) is 35.7 Å². The number of rotatable bonds is 12. The predicted molar refractivity (Wildman–Crippen MR) is 123 cm³/mol. The average molecular weight is 459 g/mol. The van der Waals surface area contributed by atoms with Gasteiger partial charge in [0.15, 0.2) is 23.0 Å². The Morgan fingerprint density at radius 2 is 1.73 bits per heavy atom. The van der Waals surface area contributed by atoms with Crippen molar-refractivity contribution in [1.82, 2.24) is 10.7 Å². The van der Waals surface area contributed by atoms with E-state index in [9.17, 15) is 14.7 Å². The maximum Gasteiger partial charge on any atom is 0.251 e. The number of ether oxygens (including phenoxy) is 4. The van der Waals surface area contributed by atoms with Crippen LogP contribution in [0.4, 0.5) is 0 Å². The number of nitrogens with one attached hydrogen (secondary N) is 2. The average Bonchev–Trinajstić information content (AvgIpc) is 2.82. The molecule has 33 heavy (non-hydrogen) atoms. The maximum absolute atomic E-state index is 12.4. The Morgan fingerprint density at radius 1 is 1.03 bits per heavy atom. The molecule has 2 amide bonds. The highest BCUT2D eigenvalue weighted by Crippen LogP contribution is 2.38. The molecule has 0 spiro atoms. The van der Waals surface area contributed by atoms with Gasteiger partial charge in [0.25, 0.3) is 5.91 Å². The van der Waals surface area contributed by atoms with Gasteiger partial charge in [-0.25, -0.2) is 5.43 Å². The first-order valence-electron chi connectivity index (χ1n) is 10.3. The standard InChI is InChI=1S/C23H29N3O7/c1-5-33-18-11-15(8-9-17(18)27)14-25-26-21(28)7-6-10-24-23(29)16-12-19(30-2)22(32-4)20(13-16)31-3/h8-9,11-14,27H,5-7,10H2,1-4H3,(H,24,29)(H,26,28). The summed E-state index contributed by atoms with van der Waals surface area (Å²) in [5, 5.41) is 16.4. The number of benzene rings is 2. The molecule has 2 rings (SSSR count). The molecule has 0 heterocycles. The minimum Gasteiger partial charge on any atom is -0.504 e. The lowest BCUT2D eigenvalue weighted by Crippen LogP contribution is -2.26. The zero-order valence-corrected chi connectivity index (χ0v) is 19.1. The second-order valence-electron chi connectivity index (χ2n) is 6.73. The van der Waals surface area contributed by atoms with E-state index in [1.54, 1.807) is 24.3 Å². The van der Waals surface area contributed by atoms with E-state index in [0.717, 1.165) is 0 Å². The molecule has 0 bridgehead atoms. The summed E-state index contributed by atoms with van der Waals surface area (Å²) in [6, 6.07) is 7.86. The summed E-state index contributed by atoms with van der Waals surface area (Å²) in [5.41, 5.74) is 3.43. The van der Waals surface area contributed by atoms with Gasteiger partial charge >= 0.3 is 0 Å². The van der Waals surface area contributed by atoms with Gasteiger partial charge in [0.05, 0.1) is 34.2 Å². The molecule has 0 radical (unpaired) electrons. The van der Waals surface area contributed by atoms with Crippen LogP contribution in [-0.4, -0.2) is 57.6 Å². The molecule has 2 aromatic carbocycles. The molecule has 3 N–H and O–H groups in total. The quantitative estimate of drug-likeness (QED) is 0.253. The van der Waals surface area contributed by atoms with Crippen molar-refractivity contribution in [2.75, 3.05) is 34.5 Å². The minimum atomic E-state index is -0.329. The predicted octanol–water partition coefficient (Wildman–Crippen LogP) is 2.48. The van der Waals surface area contributed by atoms with Crippen molar-refractivity contribution >= 4 is 18.0 Å². The van der Waals surface area contributed by atoms with Crippen molar-refractivity contribution in [3.8, 4) is 28.7 Å². The second-order valence-corrected chi connectivity index (χ2v) is 6.73. The van der Waals surface area contributed by atoms with E-state index in [2.05, 4.69) is 15.8 Å². The Labute approximate surface area is 192 Å². The van der Waals surface area contributed by atoms with E-state index in [-0.39, 0.29) is 24.0 Å². The van der Waals surface area contributed by atoms with Crippen LogP contribution in [0.25, 0.3) is 0 Å². The third kappa shape index (κ3) is 7.30. The van der Waals surface area contributed by atoms with E-state index in [1.807, 2.05) is 6.92 Å². The van der Waals surface area contributed by atoms with E-state index >= 15 is 0 Å². The molecule has 0 saturated carbocycles. The number of hydrazone groups is 1. The van der Waals surface area contributed by atoms with Crippen molar-refractivity contribution in [3.63, 3.8) is 0 Å². The van der Waals surface area contributed by atoms with Crippen molar-refractivity contribution in [3.05, 3.63) is 41.5 Å². The number of phenolic OH excluding ortho intramolecular Hbond substituents is 1. The lowest BCUT2D eigenvalue weighted by atomic mass is 10.1. The van der Waals surface area contributed by atoms with Crippen LogP contribution in [0.3, 0.4) is 0 Å². The molecule has 0 fully saturated rings. The van der Waals surface area contributed by atoms with Crippen molar-refractivity contribution in [1.29, 1.82) is 0 Å². The minimum absolute atomic E-state index is 0.0339. The number of carbonyl (C=O) groups excluding carboxylic acids is 2. The molecule has 0 aliphatic heterocycles. The SMILES string of the molecule is CCOc1cc(C=NNC(=O)CCCNC(=O)c2cc(OC)c(OC)c(OC)c2)ccc1O. The first-order chi connectivity index (χ1) is 15.9. The fourth-order valence-electron chi connectivity index (χ4n) is 2.88. The number of nitrogens with zero attached hydrogens (tertiary/aromatic N) is 1. The molecule has 0 saturated heterocycles. The Morgan fingerprint density at radius 3 is 2.33 bits per heavy atom. The highest BCUT2D eigenvalue weighted by Gasteiger charge is 2.16. The first-order valence-corrected chi connectivity index (χ1v) is 10.3. The molecule has 0 unspecified atom stereocenters. The number of hydrogen-bond acceptors (Lipinski definition) is 8. The normalized spacial score (nSPS) is 10.5. The largest absolute Gasteiger partial charge is 0.504 e. The molecular weight excluding hydrogens is 430 g/mol. The highest BCUT2D eigenvalue weighted by molar-refractivity contribution is 5.95. The Kier molecular flexibility index (Phi) is 9.81. The topological polar surface area (TPSA) is 128 Å². The summed E-state index contributed by atoms with van der Waals surface area (Å²) in [6.07, 6.45) is 2.05. The summed E-state index contributed by atoms with van der Waals surface area (Å²) >= 11 is 0. The summed E-state index contributed by atoms with van der Waals surface area (Å²) in [4.78, 5) is 24.4. The van der Waals surface area contributed by atoms with E-state index < -0.39 is 0 Å².